The van der Waals surface area contributed by atoms with Crippen LogP contribution in [0, 0.1) is 17.2 Å². The Bertz CT molecular complexity index is 543. The van der Waals surface area contributed by atoms with E-state index in [1.165, 1.54) is 18.3 Å². The van der Waals surface area contributed by atoms with Gasteiger partial charge < -0.3 is 0 Å². The van der Waals surface area contributed by atoms with Gasteiger partial charge in [0.1, 0.15) is 16.7 Å². The maximum absolute atomic E-state index is 11.9. The van der Waals surface area contributed by atoms with Gasteiger partial charge in [-0.25, -0.2) is 18.1 Å². The molecule has 18 heavy (non-hydrogen) atoms. The number of hydrogen-bond donors (Lipinski definition) is 1. The Morgan fingerprint density at radius 1 is 1.56 bits per heavy atom. The summed E-state index contributed by atoms with van der Waals surface area (Å²) in [6.45, 7) is 0.468. The molecule has 0 bridgehead atoms. The molecule has 1 unspecified atom stereocenters. The molecule has 96 valence electrons. The lowest BCUT2D eigenvalue weighted by molar-refractivity contribution is 0.545. The van der Waals surface area contributed by atoms with E-state index in [4.69, 9.17) is 5.26 Å². The van der Waals surface area contributed by atoms with Crippen LogP contribution in [0.2, 0.25) is 0 Å². The molecule has 0 radical (unpaired) electrons. The van der Waals surface area contributed by atoms with Gasteiger partial charge in [-0.05, 0) is 36.0 Å². The van der Waals surface area contributed by atoms with E-state index in [9.17, 15) is 8.42 Å². The molecule has 0 aromatic carbocycles. The van der Waals surface area contributed by atoms with Gasteiger partial charge in [-0.3, -0.25) is 0 Å². The van der Waals surface area contributed by atoms with E-state index >= 15 is 0 Å². The van der Waals surface area contributed by atoms with E-state index in [0.717, 1.165) is 17.9 Å². The summed E-state index contributed by atoms with van der Waals surface area (Å²) in [6, 6.07) is 4.66. The van der Waals surface area contributed by atoms with Gasteiger partial charge in [-0.2, -0.15) is 17.0 Å². The normalized spacial score (nSPS) is 19.6. The first kappa shape index (κ1) is 13.3. The van der Waals surface area contributed by atoms with Gasteiger partial charge in [0.15, 0.2) is 0 Å². The molecule has 1 aromatic heterocycles. The van der Waals surface area contributed by atoms with E-state index in [-0.39, 0.29) is 10.6 Å². The monoisotopic (exact) mass is 283 g/mol. The zero-order chi connectivity index (χ0) is 13.0. The first-order chi connectivity index (χ1) is 8.62. The van der Waals surface area contributed by atoms with E-state index < -0.39 is 10.0 Å². The van der Waals surface area contributed by atoms with Gasteiger partial charge in [-0.1, -0.05) is 0 Å². The Kier molecular flexibility index (Phi) is 4.22. The number of nitrogens with one attached hydrogen (secondary N) is 1. The molecule has 5 nitrogen and oxygen atoms in total. The van der Waals surface area contributed by atoms with E-state index in [1.807, 2.05) is 17.8 Å². The third-order valence-electron chi connectivity index (χ3n) is 2.75. The highest BCUT2D eigenvalue weighted by molar-refractivity contribution is 7.99. The number of hydrogen-bond acceptors (Lipinski definition) is 5. The summed E-state index contributed by atoms with van der Waals surface area (Å²) in [5, 5.41) is 8.60. The Morgan fingerprint density at radius 2 is 2.39 bits per heavy atom. The van der Waals surface area contributed by atoms with E-state index in [1.54, 1.807) is 0 Å². The molecular weight excluding hydrogens is 270 g/mol. The van der Waals surface area contributed by atoms with Crippen molar-refractivity contribution in [1.29, 1.82) is 5.26 Å². The molecule has 0 aliphatic carbocycles. The largest absolute Gasteiger partial charge is 0.244 e. The Hall–Kier alpha value is -1.10. The van der Waals surface area contributed by atoms with Crippen LogP contribution in [0.3, 0.4) is 0 Å². The second kappa shape index (κ2) is 5.69. The van der Waals surface area contributed by atoms with Crippen molar-refractivity contribution in [2.24, 2.45) is 5.92 Å². The van der Waals surface area contributed by atoms with Gasteiger partial charge >= 0.3 is 0 Å². The average Bonchev–Trinajstić information content (AvgIpc) is 2.90. The van der Waals surface area contributed by atoms with Gasteiger partial charge in [0, 0.05) is 12.7 Å². The smallest absolute Gasteiger partial charge is 0.242 e. The Labute approximate surface area is 111 Å². The van der Waals surface area contributed by atoms with Crippen LogP contribution in [0.4, 0.5) is 0 Å². The first-order valence-electron chi connectivity index (χ1n) is 5.55. The lowest BCUT2D eigenvalue weighted by atomic mass is 10.1. The van der Waals surface area contributed by atoms with Crippen molar-refractivity contribution in [1.82, 2.24) is 9.71 Å². The standard InChI is InChI=1S/C11H13N3O2S2/c12-5-10-1-2-11(7-13-10)18(15,16)14-6-9-3-4-17-8-9/h1-2,7,9,14H,3-4,6,8H2. The Morgan fingerprint density at radius 3 is 2.94 bits per heavy atom. The molecule has 0 amide bonds. The molecule has 2 heterocycles. The van der Waals surface area contributed by atoms with Crippen LogP contribution in [0.15, 0.2) is 23.2 Å². The van der Waals surface area contributed by atoms with Gasteiger partial charge in [-0.15, -0.1) is 0 Å². The first-order valence-corrected chi connectivity index (χ1v) is 8.19. The predicted molar refractivity (Wildman–Crippen MR) is 69.6 cm³/mol. The van der Waals surface area contributed by atoms with Crippen LogP contribution in [0.5, 0.6) is 0 Å². The quantitative estimate of drug-likeness (QED) is 0.890. The van der Waals surface area contributed by atoms with Crippen LogP contribution >= 0.6 is 11.8 Å². The zero-order valence-corrected chi connectivity index (χ0v) is 11.3. The summed E-state index contributed by atoms with van der Waals surface area (Å²) in [4.78, 5) is 3.86. The predicted octanol–water partition coefficient (Wildman–Crippen LogP) is 0.985. The molecule has 1 N–H and O–H groups in total. The molecule has 1 saturated heterocycles. The number of thioether (sulfide) groups is 1. The minimum atomic E-state index is -3.50. The molecule has 0 spiro atoms. The molecule has 1 aliphatic rings. The third kappa shape index (κ3) is 3.22. The summed E-state index contributed by atoms with van der Waals surface area (Å²) in [6.07, 6.45) is 2.27. The van der Waals surface area contributed by atoms with Gasteiger partial charge in [0.05, 0.1) is 0 Å². The molecular formula is C11H13N3O2S2. The highest BCUT2D eigenvalue weighted by Gasteiger charge is 2.20. The lowest BCUT2D eigenvalue weighted by Gasteiger charge is -2.10. The fraction of sp³-hybridized carbons (Fsp3) is 0.455. The summed E-state index contributed by atoms with van der Waals surface area (Å²) >= 11 is 1.85. The summed E-state index contributed by atoms with van der Waals surface area (Å²) in [5.41, 5.74) is 0.209. The lowest BCUT2D eigenvalue weighted by Crippen LogP contribution is -2.29. The van der Waals surface area contributed by atoms with Crippen LogP contribution in [0.25, 0.3) is 0 Å². The van der Waals surface area contributed by atoms with Gasteiger partial charge in [0.2, 0.25) is 10.0 Å². The number of pyridine rings is 1. The molecule has 2 rings (SSSR count). The van der Waals surface area contributed by atoms with Crippen molar-refractivity contribution in [3.05, 3.63) is 24.0 Å². The molecule has 1 fully saturated rings. The summed E-state index contributed by atoms with van der Waals surface area (Å²) in [7, 11) is -3.50. The minimum Gasteiger partial charge on any atom is -0.244 e. The molecule has 0 saturated carbocycles. The second-order valence-corrected chi connectivity index (χ2v) is 6.99. The molecule has 1 aromatic rings. The minimum absolute atomic E-state index is 0.104. The number of aromatic nitrogens is 1. The van der Waals surface area contributed by atoms with Crippen LogP contribution in [-0.4, -0.2) is 31.5 Å². The SMILES string of the molecule is N#Cc1ccc(S(=O)(=O)NCC2CCSC2)cn1. The van der Waals surface area contributed by atoms with Crippen molar-refractivity contribution in [2.45, 2.75) is 11.3 Å². The molecule has 7 heteroatoms. The average molecular weight is 283 g/mol. The second-order valence-electron chi connectivity index (χ2n) is 4.07. The van der Waals surface area contributed by atoms with Crippen molar-refractivity contribution >= 4 is 21.8 Å². The van der Waals surface area contributed by atoms with Crippen molar-refractivity contribution in [3.8, 4) is 6.07 Å². The van der Waals surface area contributed by atoms with Crippen molar-refractivity contribution in [3.63, 3.8) is 0 Å². The fourth-order valence-electron chi connectivity index (χ4n) is 1.66. The highest BCUT2D eigenvalue weighted by atomic mass is 32.2. The number of rotatable bonds is 4. The number of nitriles is 1. The van der Waals surface area contributed by atoms with Gasteiger partial charge in [0.25, 0.3) is 0 Å². The van der Waals surface area contributed by atoms with Crippen molar-refractivity contribution in [2.75, 3.05) is 18.1 Å². The van der Waals surface area contributed by atoms with Crippen LogP contribution in [-0.2, 0) is 10.0 Å². The zero-order valence-electron chi connectivity index (χ0n) is 9.67. The van der Waals surface area contributed by atoms with E-state index in [0.29, 0.717) is 12.5 Å². The number of nitrogens with zero attached hydrogens (tertiary/aromatic N) is 2. The highest BCUT2D eigenvalue weighted by Crippen LogP contribution is 2.23. The summed E-state index contributed by atoms with van der Waals surface area (Å²) < 4.78 is 26.5. The van der Waals surface area contributed by atoms with Crippen LogP contribution < -0.4 is 4.72 Å². The van der Waals surface area contributed by atoms with Crippen molar-refractivity contribution < 1.29 is 8.42 Å². The fourth-order valence-corrected chi connectivity index (χ4v) is 4.01. The molecule has 1 atom stereocenters. The third-order valence-corrected chi connectivity index (χ3v) is 5.39. The maximum Gasteiger partial charge on any atom is 0.242 e. The topological polar surface area (TPSA) is 82.8 Å². The maximum atomic E-state index is 11.9. The molecule has 1 aliphatic heterocycles. The van der Waals surface area contributed by atoms with E-state index in [2.05, 4.69) is 9.71 Å². The summed E-state index contributed by atoms with van der Waals surface area (Å²) in [5.74, 6) is 2.52. The Balaban J connectivity index is 2.02. The van der Waals surface area contributed by atoms with Crippen LogP contribution in [0.1, 0.15) is 12.1 Å². The number of sulfonamides is 1.